The van der Waals surface area contributed by atoms with E-state index >= 15 is 0 Å². The zero-order chi connectivity index (χ0) is 22.6. The van der Waals surface area contributed by atoms with Gasteiger partial charge in [0.15, 0.2) is 0 Å². The van der Waals surface area contributed by atoms with E-state index in [4.69, 9.17) is 19.2 Å². The Hall–Kier alpha value is -1.12. The zero-order valence-electron chi connectivity index (χ0n) is 20.1. The highest BCUT2D eigenvalue weighted by Crippen LogP contribution is 2.38. The lowest BCUT2D eigenvalue weighted by Gasteiger charge is -2.32. The normalized spacial score (nSPS) is 21.6. The van der Waals surface area contributed by atoms with Gasteiger partial charge in [0.1, 0.15) is 6.04 Å². The van der Waals surface area contributed by atoms with Gasteiger partial charge in [-0.1, -0.05) is 30.3 Å². The monoisotopic (exact) mass is 415 g/mol. The van der Waals surface area contributed by atoms with Gasteiger partial charge in [-0.25, -0.2) is 0 Å². The first-order chi connectivity index (χ1) is 13.8. The number of hydrogen-bond acceptors (Lipinski definition) is 5. The maximum Gasteiger partial charge on any atom is 0.481 e. The topological polar surface area (TPSA) is 82.8 Å². The highest BCUT2D eigenvalue weighted by Gasteiger charge is 2.54. The summed E-state index contributed by atoms with van der Waals surface area (Å²) < 4.78 is 38.2. The van der Waals surface area contributed by atoms with Crippen molar-refractivity contribution in [3.63, 3.8) is 0 Å². The minimum atomic E-state index is -2.60. The lowest BCUT2D eigenvalue weighted by molar-refractivity contribution is -0.123. The number of amides is 1. The first-order valence-electron chi connectivity index (χ1n) is 10.9. The van der Waals surface area contributed by atoms with Crippen LogP contribution >= 0.6 is 12.4 Å². The number of benzene rings is 1. The van der Waals surface area contributed by atoms with Gasteiger partial charge >= 0.3 is 7.12 Å². The number of carbonyl (C=O) groups is 1. The predicted molar refractivity (Wildman–Crippen MR) is 114 cm³/mol. The van der Waals surface area contributed by atoms with E-state index in [9.17, 15) is 4.79 Å². The molecule has 2 rings (SSSR count). The smallest absolute Gasteiger partial charge is 0.402 e. The van der Waals surface area contributed by atoms with Crippen LogP contribution in [0.3, 0.4) is 0 Å². The van der Waals surface area contributed by atoms with Crippen LogP contribution in [0, 0.1) is 0 Å². The van der Waals surface area contributed by atoms with Gasteiger partial charge in [-0.2, -0.15) is 0 Å². The van der Waals surface area contributed by atoms with Crippen LogP contribution in [0.1, 0.15) is 50.2 Å². The Bertz CT molecular complexity index is 691. The number of nitrogens with two attached hydrogens (primary N) is 1. The number of rotatable bonds is 9. The maximum absolute atomic E-state index is 12.6. The van der Waals surface area contributed by atoms with Gasteiger partial charge in [0.2, 0.25) is 5.91 Å². The number of aryl methyl sites for hydroxylation is 1. The van der Waals surface area contributed by atoms with Gasteiger partial charge in [0.25, 0.3) is 0 Å². The van der Waals surface area contributed by atoms with E-state index in [1.807, 2.05) is 45.9 Å². The summed E-state index contributed by atoms with van der Waals surface area (Å²) in [7, 11) is -3.23. The molecule has 0 aliphatic carbocycles. The molecular weight excluding hydrogens is 378 g/mol. The average Bonchev–Trinajstić information content (AvgIpc) is 2.86. The number of carbonyl (C=O) groups excluding carboxylic acids is 1. The largest absolute Gasteiger partial charge is 0.481 e. The molecule has 158 valence electrons. The standard InChI is InChI=1S/C20H33BN2O4.ClH/c1-19(2)20(3,4)27-21(26-19)17(23-18(24)16(22)14-25-5)13-9-12-15-10-7-6-8-11-15;/h6-8,10-11,16-17H,9,12-14,22H2,1-5H3,(H,23,24);1H/t16-,17+;/m1./s1/i5D3;. The molecule has 1 aliphatic heterocycles. The highest BCUT2D eigenvalue weighted by atomic mass is 35.5. The second-order valence-corrected chi connectivity index (χ2v) is 8.04. The SMILES string of the molecule is Cl.[2H]C([2H])([2H])OC[C@@H](N)C(=O)N[C@@H](CCCc1ccccc1)B1OC(C)(C)C(C)(C)O1. The van der Waals surface area contributed by atoms with Crippen LogP contribution in [-0.2, 0) is 25.3 Å². The molecule has 1 aliphatic rings. The summed E-state index contributed by atoms with van der Waals surface area (Å²) in [5.41, 5.74) is 5.97. The van der Waals surface area contributed by atoms with Crippen LogP contribution in [0.15, 0.2) is 30.3 Å². The molecule has 0 spiro atoms. The minimum Gasteiger partial charge on any atom is -0.402 e. The summed E-state index contributed by atoms with van der Waals surface area (Å²) in [6.07, 6.45) is 2.27. The van der Waals surface area contributed by atoms with E-state index in [0.29, 0.717) is 6.42 Å². The molecule has 0 unspecified atom stereocenters. The fourth-order valence-corrected chi connectivity index (χ4v) is 2.96. The minimum absolute atomic E-state index is 0. The van der Waals surface area contributed by atoms with Gasteiger partial charge in [0, 0.05) is 7.04 Å². The van der Waals surface area contributed by atoms with Crippen molar-refractivity contribution >= 4 is 25.4 Å². The third-order valence-electron chi connectivity index (χ3n) is 5.35. The highest BCUT2D eigenvalue weighted by molar-refractivity contribution is 6.48. The summed E-state index contributed by atoms with van der Waals surface area (Å²) in [4.78, 5) is 12.6. The molecule has 0 bridgehead atoms. The Morgan fingerprint density at radius 3 is 2.43 bits per heavy atom. The van der Waals surface area contributed by atoms with Crippen LogP contribution in [0.5, 0.6) is 0 Å². The molecule has 1 fully saturated rings. The Morgan fingerprint density at radius 1 is 1.25 bits per heavy atom. The second kappa shape index (κ2) is 10.6. The molecule has 0 radical (unpaired) electrons. The van der Waals surface area contributed by atoms with Gasteiger partial charge in [0.05, 0.1) is 27.9 Å². The lowest BCUT2D eigenvalue weighted by atomic mass is 9.75. The van der Waals surface area contributed by atoms with Gasteiger partial charge in [-0.3, -0.25) is 4.79 Å². The van der Waals surface area contributed by atoms with Crippen molar-refractivity contribution < 1.29 is 23.0 Å². The van der Waals surface area contributed by atoms with E-state index in [0.717, 1.165) is 12.8 Å². The molecule has 3 N–H and O–H groups in total. The molecule has 28 heavy (non-hydrogen) atoms. The molecule has 8 heteroatoms. The van der Waals surface area contributed by atoms with E-state index in [1.165, 1.54) is 5.56 Å². The number of hydrogen-bond donors (Lipinski definition) is 2. The van der Waals surface area contributed by atoms with Crippen molar-refractivity contribution in [2.24, 2.45) is 5.73 Å². The van der Waals surface area contributed by atoms with E-state index in [1.54, 1.807) is 0 Å². The molecule has 1 aromatic rings. The molecule has 1 aromatic carbocycles. The van der Waals surface area contributed by atoms with Crippen molar-refractivity contribution in [3.05, 3.63) is 35.9 Å². The van der Waals surface area contributed by atoms with Crippen LogP contribution in [0.25, 0.3) is 0 Å². The van der Waals surface area contributed by atoms with Gasteiger partial charge in [-0.05, 0) is 52.5 Å². The van der Waals surface area contributed by atoms with Crippen LogP contribution < -0.4 is 11.1 Å². The summed E-state index contributed by atoms with van der Waals surface area (Å²) in [5.74, 6) is -0.931. The number of ether oxygens (including phenoxy) is 1. The van der Waals surface area contributed by atoms with Crippen LogP contribution in [0.2, 0.25) is 0 Å². The third kappa shape index (κ3) is 6.46. The van der Waals surface area contributed by atoms with Crippen molar-refractivity contribution in [1.29, 1.82) is 0 Å². The van der Waals surface area contributed by atoms with E-state index in [-0.39, 0.29) is 12.4 Å². The molecule has 0 aromatic heterocycles. The molecule has 1 heterocycles. The summed E-state index contributed by atoms with van der Waals surface area (Å²) >= 11 is 0. The zero-order valence-corrected chi connectivity index (χ0v) is 17.9. The van der Waals surface area contributed by atoms with Crippen LogP contribution in [-0.4, -0.2) is 49.9 Å². The van der Waals surface area contributed by atoms with Gasteiger partial charge in [-0.15, -0.1) is 12.4 Å². The van der Waals surface area contributed by atoms with E-state index < -0.39 is 49.9 Å². The maximum atomic E-state index is 12.6. The molecule has 0 saturated carbocycles. The summed E-state index contributed by atoms with van der Waals surface area (Å²) in [5, 5.41) is 2.88. The van der Waals surface area contributed by atoms with E-state index in [2.05, 4.69) is 22.2 Å². The fraction of sp³-hybridized carbons (Fsp3) is 0.650. The van der Waals surface area contributed by atoms with Crippen LogP contribution in [0.4, 0.5) is 0 Å². The van der Waals surface area contributed by atoms with Crippen molar-refractivity contribution in [2.75, 3.05) is 13.6 Å². The second-order valence-electron chi connectivity index (χ2n) is 8.04. The fourth-order valence-electron chi connectivity index (χ4n) is 2.96. The Kier molecular flexibility index (Phi) is 7.64. The third-order valence-corrected chi connectivity index (χ3v) is 5.35. The quantitative estimate of drug-likeness (QED) is 0.606. The van der Waals surface area contributed by atoms with Crippen molar-refractivity contribution in [1.82, 2.24) is 5.32 Å². The molecule has 1 saturated heterocycles. The molecule has 1 amide bonds. The van der Waals surface area contributed by atoms with Crippen molar-refractivity contribution in [3.8, 4) is 0 Å². The number of methoxy groups -OCH3 is 1. The lowest BCUT2D eigenvalue weighted by Crippen LogP contribution is -2.53. The molecule has 2 atom stereocenters. The summed E-state index contributed by atoms with van der Waals surface area (Å²) in [6.45, 7) is 7.40. The molecular formula is C20H34BClN2O4. The van der Waals surface area contributed by atoms with Gasteiger partial charge < -0.3 is 25.1 Å². The Balaban J connectivity index is 0.00000480. The Morgan fingerprint density at radius 2 is 1.86 bits per heavy atom. The summed E-state index contributed by atoms with van der Waals surface area (Å²) in [6, 6.07) is 8.97. The predicted octanol–water partition coefficient (Wildman–Crippen LogP) is 2.52. The van der Waals surface area contributed by atoms with Crippen molar-refractivity contribution in [2.45, 2.75) is 70.1 Å². The molecule has 6 nitrogen and oxygen atoms in total. The number of nitrogens with one attached hydrogen (secondary N) is 1. The first-order valence-corrected chi connectivity index (χ1v) is 9.40. The average molecular weight is 416 g/mol. The Labute approximate surface area is 179 Å². The first kappa shape index (κ1) is 20.2. The number of halogens is 1.